The van der Waals surface area contributed by atoms with Crippen LogP contribution in [0, 0.1) is 6.92 Å². The molecule has 1 heterocycles. The molecule has 0 aliphatic carbocycles. The Labute approximate surface area is 143 Å². The molecule has 3 nitrogen and oxygen atoms in total. The Balaban J connectivity index is 2.03. The van der Waals surface area contributed by atoms with E-state index in [1.54, 1.807) is 12.4 Å². The second kappa shape index (κ2) is 6.29. The van der Waals surface area contributed by atoms with E-state index in [0.717, 1.165) is 21.7 Å². The van der Waals surface area contributed by atoms with Crippen molar-refractivity contribution in [3.8, 4) is 11.4 Å². The van der Waals surface area contributed by atoms with Crippen molar-refractivity contribution in [3.63, 3.8) is 0 Å². The predicted octanol–water partition coefficient (Wildman–Crippen LogP) is 5.26. The molecule has 0 saturated carbocycles. The average Bonchev–Trinajstić information content (AvgIpc) is 2.95. The third-order valence-electron chi connectivity index (χ3n) is 3.53. The molecule has 3 aromatic rings. The zero-order valence-electron chi connectivity index (χ0n) is 11.7. The van der Waals surface area contributed by atoms with Gasteiger partial charge in [0.25, 0.3) is 0 Å². The molecular weight excluding hydrogens is 341 g/mol. The lowest BCUT2D eigenvalue weighted by molar-refractivity contribution is 0.798. The van der Waals surface area contributed by atoms with Gasteiger partial charge in [-0.1, -0.05) is 53.0 Å². The van der Waals surface area contributed by atoms with Crippen molar-refractivity contribution in [2.75, 3.05) is 0 Å². The van der Waals surface area contributed by atoms with Crippen molar-refractivity contribution < 1.29 is 0 Å². The van der Waals surface area contributed by atoms with Crippen molar-refractivity contribution in [2.24, 2.45) is 0 Å². The van der Waals surface area contributed by atoms with E-state index >= 15 is 0 Å². The van der Waals surface area contributed by atoms with Crippen LogP contribution in [-0.4, -0.2) is 14.8 Å². The van der Waals surface area contributed by atoms with Crippen molar-refractivity contribution in [1.29, 1.82) is 0 Å². The number of nitrogens with zero attached hydrogens (tertiary/aromatic N) is 3. The van der Waals surface area contributed by atoms with Crippen LogP contribution in [0.5, 0.6) is 0 Å². The van der Waals surface area contributed by atoms with E-state index in [1.807, 2.05) is 41.8 Å². The molecule has 1 aromatic heterocycles. The molecule has 0 aliphatic rings. The maximum absolute atomic E-state index is 6.28. The van der Waals surface area contributed by atoms with Crippen molar-refractivity contribution in [1.82, 2.24) is 14.8 Å². The molecule has 0 atom stereocenters. The van der Waals surface area contributed by atoms with Crippen molar-refractivity contribution in [2.45, 2.75) is 13.5 Å². The molecule has 0 saturated heterocycles. The van der Waals surface area contributed by atoms with E-state index in [2.05, 4.69) is 10.2 Å². The molecule has 2 aromatic carbocycles. The van der Waals surface area contributed by atoms with Crippen LogP contribution in [0.25, 0.3) is 11.4 Å². The van der Waals surface area contributed by atoms with Crippen LogP contribution in [0.15, 0.2) is 42.7 Å². The third kappa shape index (κ3) is 2.84. The molecule has 0 bridgehead atoms. The van der Waals surface area contributed by atoms with E-state index in [9.17, 15) is 0 Å². The lowest BCUT2D eigenvalue weighted by atomic mass is 10.1. The topological polar surface area (TPSA) is 30.7 Å². The highest BCUT2D eigenvalue weighted by Crippen LogP contribution is 2.32. The van der Waals surface area contributed by atoms with Crippen LogP contribution < -0.4 is 0 Å². The van der Waals surface area contributed by atoms with E-state index in [0.29, 0.717) is 22.4 Å². The van der Waals surface area contributed by atoms with Crippen LogP contribution in [0.1, 0.15) is 11.1 Å². The van der Waals surface area contributed by atoms with Crippen molar-refractivity contribution in [3.05, 3.63) is 68.9 Å². The SMILES string of the molecule is Cc1c(Cl)cccc1Cn1cnnc1-c1cccc(Cl)c1Cl. The fourth-order valence-corrected chi connectivity index (χ4v) is 2.84. The summed E-state index contributed by atoms with van der Waals surface area (Å²) in [5, 5.41) is 9.88. The predicted molar refractivity (Wildman–Crippen MR) is 90.8 cm³/mol. The van der Waals surface area contributed by atoms with Crippen LogP contribution in [0.4, 0.5) is 0 Å². The van der Waals surface area contributed by atoms with Crippen LogP contribution >= 0.6 is 34.8 Å². The minimum atomic E-state index is 0.473. The fourth-order valence-electron chi connectivity index (χ4n) is 2.26. The molecule has 0 unspecified atom stereocenters. The van der Waals surface area contributed by atoms with Gasteiger partial charge < -0.3 is 4.57 Å². The van der Waals surface area contributed by atoms with E-state index in [1.165, 1.54) is 0 Å². The molecule has 0 fully saturated rings. The summed E-state index contributed by atoms with van der Waals surface area (Å²) >= 11 is 18.5. The first-order chi connectivity index (χ1) is 10.6. The Morgan fingerprint density at radius 1 is 1.00 bits per heavy atom. The average molecular weight is 353 g/mol. The number of hydrogen-bond acceptors (Lipinski definition) is 2. The Bertz CT molecular complexity index is 827. The van der Waals surface area contributed by atoms with Crippen molar-refractivity contribution >= 4 is 34.8 Å². The van der Waals surface area contributed by atoms with E-state index in [-0.39, 0.29) is 0 Å². The second-order valence-electron chi connectivity index (χ2n) is 4.91. The summed E-state index contributed by atoms with van der Waals surface area (Å²) in [6.45, 7) is 2.60. The zero-order valence-corrected chi connectivity index (χ0v) is 14.0. The molecular formula is C16H12Cl3N3. The summed E-state index contributed by atoms with van der Waals surface area (Å²) in [5.41, 5.74) is 2.90. The van der Waals surface area contributed by atoms with Gasteiger partial charge in [-0.2, -0.15) is 0 Å². The minimum absolute atomic E-state index is 0.473. The van der Waals surface area contributed by atoms with Crippen LogP contribution in [-0.2, 0) is 6.54 Å². The number of rotatable bonds is 3. The van der Waals surface area contributed by atoms with Gasteiger partial charge in [0.2, 0.25) is 0 Å². The van der Waals surface area contributed by atoms with Gasteiger partial charge in [0.1, 0.15) is 6.33 Å². The number of aromatic nitrogens is 3. The summed E-state index contributed by atoms with van der Waals surface area (Å²) in [4.78, 5) is 0. The summed E-state index contributed by atoms with van der Waals surface area (Å²) in [6, 6.07) is 11.3. The number of hydrogen-bond donors (Lipinski definition) is 0. The Morgan fingerprint density at radius 3 is 2.55 bits per heavy atom. The lowest BCUT2D eigenvalue weighted by Crippen LogP contribution is -2.03. The first-order valence-corrected chi connectivity index (χ1v) is 7.77. The summed E-state index contributed by atoms with van der Waals surface area (Å²) in [7, 11) is 0. The molecule has 22 heavy (non-hydrogen) atoms. The Hall–Kier alpha value is -1.55. The van der Waals surface area contributed by atoms with E-state index < -0.39 is 0 Å². The van der Waals surface area contributed by atoms with Gasteiger partial charge in [0, 0.05) is 10.6 Å². The highest BCUT2D eigenvalue weighted by Gasteiger charge is 2.14. The van der Waals surface area contributed by atoms with Gasteiger partial charge in [-0.25, -0.2) is 0 Å². The van der Waals surface area contributed by atoms with Gasteiger partial charge in [-0.15, -0.1) is 10.2 Å². The highest BCUT2D eigenvalue weighted by molar-refractivity contribution is 6.43. The molecule has 3 rings (SSSR count). The van der Waals surface area contributed by atoms with E-state index in [4.69, 9.17) is 34.8 Å². The third-order valence-corrected chi connectivity index (χ3v) is 4.76. The van der Waals surface area contributed by atoms with Gasteiger partial charge in [-0.05, 0) is 36.2 Å². The van der Waals surface area contributed by atoms with Gasteiger partial charge in [-0.3, -0.25) is 0 Å². The first-order valence-electron chi connectivity index (χ1n) is 6.64. The first kappa shape index (κ1) is 15.3. The number of benzene rings is 2. The largest absolute Gasteiger partial charge is 0.309 e. The zero-order chi connectivity index (χ0) is 15.7. The van der Waals surface area contributed by atoms with Crippen LogP contribution in [0.3, 0.4) is 0 Å². The second-order valence-corrected chi connectivity index (χ2v) is 6.10. The molecule has 6 heteroatoms. The smallest absolute Gasteiger partial charge is 0.165 e. The normalized spacial score (nSPS) is 10.9. The Kier molecular flexibility index (Phi) is 4.39. The molecule has 0 amide bonds. The monoisotopic (exact) mass is 351 g/mol. The maximum atomic E-state index is 6.28. The molecule has 0 spiro atoms. The van der Waals surface area contributed by atoms with Gasteiger partial charge in [0.15, 0.2) is 5.82 Å². The molecule has 112 valence electrons. The standard InChI is InChI=1S/C16H12Cl3N3/c1-10-11(4-2-6-13(10)17)8-22-9-20-21-16(22)12-5-3-7-14(18)15(12)19/h2-7,9H,8H2,1H3. The Morgan fingerprint density at radius 2 is 1.73 bits per heavy atom. The summed E-state index contributed by atoms with van der Waals surface area (Å²) in [5.74, 6) is 0.673. The van der Waals surface area contributed by atoms with Crippen LogP contribution in [0.2, 0.25) is 15.1 Å². The minimum Gasteiger partial charge on any atom is -0.309 e. The summed E-state index contributed by atoms with van der Waals surface area (Å²) in [6.07, 6.45) is 1.67. The number of halogens is 3. The van der Waals surface area contributed by atoms with Gasteiger partial charge in [0.05, 0.1) is 16.6 Å². The highest BCUT2D eigenvalue weighted by atomic mass is 35.5. The molecule has 0 aliphatic heterocycles. The lowest BCUT2D eigenvalue weighted by Gasteiger charge is -2.11. The van der Waals surface area contributed by atoms with Gasteiger partial charge >= 0.3 is 0 Å². The quantitative estimate of drug-likeness (QED) is 0.643. The summed E-state index contributed by atoms with van der Waals surface area (Å²) < 4.78 is 1.93. The fraction of sp³-hybridized carbons (Fsp3) is 0.125. The maximum Gasteiger partial charge on any atom is 0.165 e. The molecule has 0 radical (unpaired) electrons. The molecule has 0 N–H and O–H groups in total.